The molecule has 0 unspecified atom stereocenters. The zero-order valence-electron chi connectivity index (χ0n) is 12.1. The lowest BCUT2D eigenvalue weighted by Gasteiger charge is -2.16. The summed E-state index contributed by atoms with van der Waals surface area (Å²) in [7, 11) is 3.98. The molecule has 2 aromatic rings. The highest BCUT2D eigenvalue weighted by Crippen LogP contribution is 2.32. The first-order chi connectivity index (χ1) is 10.0. The van der Waals surface area contributed by atoms with E-state index in [1.165, 1.54) is 0 Å². The standard InChI is InChI=1S/C18H17Cl2N/c1-4-5-16(13-6-8-14(19)9-7-13)17-11-10-15(21(2)3)12-18(17)20/h4-12H,1H2,2-3H3. The smallest absolute Gasteiger partial charge is 0.0505 e. The quantitative estimate of drug-likeness (QED) is 0.656. The highest BCUT2D eigenvalue weighted by molar-refractivity contribution is 6.33. The van der Waals surface area contributed by atoms with Crippen LogP contribution >= 0.6 is 23.2 Å². The lowest BCUT2D eigenvalue weighted by molar-refractivity contribution is 1.13. The minimum Gasteiger partial charge on any atom is -0.378 e. The number of allylic oxidation sites excluding steroid dienone is 2. The molecule has 0 N–H and O–H groups in total. The average molecular weight is 318 g/mol. The molecule has 0 heterocycles. The molecule has 0 radical (unpaired) electrons. The lowest BCUT2D eigenvalue weighted by atomic mass is 9.97. The Balaban J connectivity index is 2.51. The number of benzene rings is 2. The Morgan fingerprint density at radius 3 is 2.24 bits per heavy atom. The van der Waals surface area contributed by atoms with E-state index in [9.17, 15) is 0 Å². The molecule has 0 aliphatic carbocycles. The van der Waals surface area contributed by atoms with Gasteiger partial charge in [0.25, 0.3) is 0 Å². The second-order valence-corrected chi connectivity index (χ2v) is 5.73. The Hall–Kier alpha value is -1.70. The SMILES string of the molecule is C=CC=C(c1ccc(Cl)cc1)c1ccc(N(C)C)cc1Cl. The topological polar surface area (TPSA) is 3.24 Å². The van der Waals surface area contributed by atoms with Crippen molar-refractivity contribution in [2.24, 2.45) is 0 Å². The van der Waals surface area contributed by atoms with E-state index in [1.54, 1.807) is 6.08 Å². The first kappa shape index (κ1) is 15.7. The summed E-state index contributed by atoms with van der Waals surface area (Å²) in [6.45, 7) is 3.79. The van der Waals surface area contributed by atoms with Gasteiger partial charge in [0.05, 0.1) is 5.02 Å². The molecule has 2 aromatic carbocycles. The van der Waals surface area contributed by atoms with Crippen LogP contribution in [0.15, 0.2) is 61.2 Å². The van der Waals surface area contributed by atoms with E-state index in [4.69, 9.17) is 23.2 Å². The fraction of sp³-hybridized carbons (Fsp3) is 0.111. The van der Waals surface area contributed by atoms with Crippen LogP contribution in [0.3, 0.4) is 0 Å². The van der Waals surface area contributed by atoms with Crippen LogP contribution in [0.1, 0.15) is 11.1 Å². The summed E-state index contributed by atoms with van der Waals surface area (Å²) < 4.78 is 0. The maximum Gasteiger partial charge on any atom is 0.0505 e. The van der Waals surface area contributed by atoms with Crippen molar-refractivity contribution in [2.75, 3.05) is 19.0 Å². The molecule has 0 amide bonds. The van der Waals surface area contributed by atoms with Crippen LogP contribution in [-0.4, -0.2) is 14.1 Å². The Bertz CT molecular complexity index is 670. The highest BCUT2D eigenvalue weighted by atomic mass is 35.5. The summed E-state index contributed by atoms with van der Waals surface area (Å²) in [6, 6.07) is 13.7. The maximum absolute atomic E-state index is 6.46. The number of hydrogen-bond acceptors (Lipinski definition) is 1. The van der Waals surface area contributed by atoms with Gasteiger partial charge in [-0.1, -0.05) is 60.1 Å². The molecule has 2 rings (SSSR count). The molecule has 1 nitrogen and oxygen atoms in total. The van der Waals surface area contributed by atoms with Gasteiger partial charge in [-0.05, 0) is 35.4 Å². The van der Waals surface area contributed by atoms with Gasteiger partial charge in [-0.25, -0.2) is 0 Å². The fourth-order valence-corrected chi connectivity index (χ4v) is 2.49. The van der Waals surface area contributed by atoms with Gasteiger partial charge in [0.1, 0.15) is 0 Å². The Morgan fingerprint density at radius 2 is 1.71 bits per heavy atom. The summed E-state index contributed by atoms with van der Waals surface area (Å²) in [5.41, 5.74) is 4.12. The van der Waals surface area contributed by atoms with Crippen LogP contribution in [-0.2, 0) is 0 Å². The Morgan fingerprint density at radius 1 is 1.05 bits per heavy atom. The minimum absolute atomic E-state index is 0.712. The average Bonchev–Trinajstić information content (AvgIpc) is 2.46. The van der Waals surface area contributed by atoms with Gasteiger partial charge < -0.3 is 4.90 Å². The van der Waals surface area contributed by atoms with E-state index in [2.05, 4.69) is 6.58 Å². The molecular formula is C18H17Cl2N. The Labute approximate surface area is 136 Å². The predicted molar refractivity (Wildman–Crippen MR) is 94.5 cm³/mol. The Kier molecular flexibility index (Phi) is 5.11. The summed E-state index contributed by atoms with van der Waals surface area (Å²) >= 11 is 12.4. The van der Waals surface area contributed by atoms with Gasteiger partial charge in [0.2, 0.25) is 0 Å². The van der Waals surface area contributed by atoms with Crippen LogP contribution in [0.25, 0.3) is 5.57 Å². The minimum atomic E-state index is 0.712. The number of hydrogen-bond donors (Lipinski definition) is 0. The van der Waals surface area contributed by atoms with Crippen molar-refractivity contribution in [1.82, 2.24) is 0 Å². The predicted octanol–water partition coefficient (Wildman–Crippen LogP) is 5.68. The molecule has 0 aromatic heterocycles. The van der Waals surface area contributed by atoms with E-state index in [0.29, 0.717) is 10.0 Å². The molecule has 3 heteroatoms. The summed E-state index contributed by atoms with van der Waals surface area (Å²) in [4.78, 5) is 2.02. The van der Waals surface area contributed by atoms with Gasteiger partial charge in [0, 0.05) is 30.4 Å². The van der Waals surface area contributed by atoms with Crippen LogP contribution in [0.5, 0.6) is 0 Å². The van der Waals surface area contributed by atoms with E-state index in [1.807, 2.05) is 67.5 Å². The van der Waals surface area contributed by atoms with Gasteiger partial charge in [0.15, 0.2) is 0 Å². The summed E-state index contributed by atoms with van der Waals surface area (Å²) in [6.07, 6.45) is 3.72. The van der Waals surface area contributed by atoms with Crippen LogP contribution in [0.4, 0.5) is 5.69 Å². The number of anilines is 1. The first-order valence-corrected chi connectivity index (χ1v) is 7.34. The highest BCUT2D eigenvalue weighted by Gasteiger charge is 2.10. The third-order valence-electron chi connectivity index (χ3n) is 3.20. The lowest BCUT2D eigenvalue weighted by Crippen LogP contribution is -2.08. The molecule has 0 aliphatic heterocycles. The monoisotopic (exact) mass is 317 g/mol. The van der Waals surface area contributed by atoms with E-state index in [0.717, 1.165) is 22.4 Å². The number of nitrogens with zero attached hydrogens (tertiary/aromatic N) is 1. The van der Waals surface area contributed by atoms with Gasteiger partial charge in [-0.3, -0.25) is 0 Å². The summed E-state index contributed by atoms with van der Waals surface area (Å²) in [5, 5.41) is 1.43. The van der Waals surface area contributed by atoms with Crippen molar-refractivity contribution in [3.05, 3.63) is 82.4 Å². The molecule has 21 heavy (non-hydrogen) atoms. The van der Waals surface area contributed by atoms with Crippen molar-refractivity contribution in [2.45, 2.75) is 0 Å². The molecular weight excluding hydrogens is 301 g/mol. The molecule has 0 saturated carbocycles. The molecule has 0 saturated heterocycles. The van der Waals surface area contributed by atoms with E-state index < -0.39 is 0 Å². The van der Waals surface area contributed by atoms with Gasteiger partial charge >= 0.3 is 0 Å². The molecule has 0 bridgehead atoms. The third-order valence-corrected chi connectivity index (χ3v) is 3.76. The first-order valence-electron chi connectivity index (χ1n) is 6.59. The molecule has 0 spiro atoms. The van der Waals surface area contributed by atoms with E-state index >= 15 is 0 Å². The maximum atomic E-state index is 6.46. The number of rotatable bonds is 4. The molecule has 0 fully saturated rings. The van der Waals surface area contributed by atoms with Gasteiger partial charge in [-0.2, -0.15) is 0 Å². The second kappa shape index (κ2) is 6.84. The summed E-state index contributed by atoms with van der Waals surface area (Å²) in [5.74, 6) is 0. The van der Waals surface area contributed by atoms with Crippen LogP contribution in [0.2, 0.25) is 10.0 Å². The normalized spacial score (nSPS) is 11.3. The van der Waals surface area contributed by atoms with Gasteiger partial charge in [-0.15, -0.1) is 0 Å². The molecule has 0 aliphatic rings. The van der Waals surface area contributed by atoms with Crippen molar-refractivity contribution < 1.29 is 0 Å². The van der Waals surface area contributed by atoms with Crippen molar-refractivity contribution in [3.63, 3.8) is 0 Å². The zero-order valence-corrected chi connectivity index (χ0v) is 13.6. The van der Waals surface area contributed by atoms with Crippen molar-refractivity contribution in [1.29, 1.82) is 0 Å². The van der Waals surface area contributed by atoms with Crippen molar-refractivity contribution in [3.8, 4) is 0 Å². The van der Waals surface area contributed by atoms with Crippen molar-refractivity contribution >= 4 is 34.5 Å². The van der Waals surface area contributed by atoms with E-state index in [-0.39, 0.29) is 0 Å². The molecule has 0 atom stereocenters. The fourth-order valence-electron chi connectivity index (χ4n) is 2.09. The largest absolute Gasteiger partial charge is 0.378 e. The second-order valence-electron chi connectivity index (χ2n) is 4.88. The van der Waals surface area contributed by atoms with Crippen LogP contribution in [0, 0.1) is 0 Å². The molecule has 108 valence electrons. The van der Waals surface area contributed by atoms with Crippen LogP contribution < -0.4 is 4.90 Å². The third kappa shape index (κ3) is 3.69. The number of halogens is 2. The zero-order chi connectivity index (χ0) is 15.4.